The zero-order valence-corrected chi connectivity index (χ0v) is 12.5. The molecule has 0 spiro atoms. The lowest BCUT2D eigenvalue weighted by atomic mass is 9.76. The van der Waals surface area contributed by atoms with Crippen molar-refractivity contribution in [3.05, 3.63) is 65.0 Å². The second kappa shape index (κ2) is 5.69. The van der Waals surface area contributed by atoms with Gasteiger partial charge in [-0.25, -0.2) is 0 Å². The van der Waals surface area contributed by atoms with Gasteiger partial charge >= 0.3 is 0 Å². The fraction of sp³-hybridized carbons (Fsp3) is 0.368. The van der Waals surface area contributed by atoms with Gasteiger partial charge < -0.3 is 0 Å². The average molecular weight is 276 g/mol. The van der Waals surface area contributed by atoms with Crippen molar-refractivity contribution in [3.63, 3.8) is 0 Å². The standard InChI is InChI=1S/C19H20N2/c1-19(14-20,13-15-8-10-21-11-9-15)18-7-6-16-4-2-3-5-17(16)12-18/h6-12H,2-5,13H2,1H3. The van der Waals surface area contributed by atoms with E-state index in [4.69, 9.17) is 0 Å². The van der Waals surface area contributed by atoms with E-state index in [0.29, 0.717) is 0 Å². The molecule has 1 aliphatic rings. The topological polar surface area (TPSA) is 36.7 Å². The van der Waals surface area contributed by atoms with Crippen molar-refractivity contribution in [2.45, 2.75) is 44.4 Å². The number of nitrogens with zero attached hydrogens (tertiary/aromatic N) is 2. The lowest BCUT2D eigenvalue weighted by molar-refractivity contribution is 0.601. The molecule has 3 rings (SSSR count). The number of hydrogen-bond acceptors (Lipinski definition) is 2. The lowest BCUT2D eigenvalue weighted by Crippen LogP contribution is -2.23. The van der Waals surface area contributed by atoms with Gasteiger partial charge in [0, 0.05) is 12.4 Å². The number of fused-ring (bicyclic) bond motifs is 1. The summed E-state index contributed by atoms with van der Waals surface area (Å²) >= 11 is 0. The molecule has 0 N–H and O–H groups in total. The molecular weight excluding hydrogens is 256 g/mol. The predicted molar refractivity (Wildman–Crippen MR) is 84.0 cm³/mol. The van der Waals surface area contributed by atoms with E-state index in [1.165, 1.54) is 30.4 Å². The molecule has 0 amide bonds. The van der Waals surface area contributed by atoms with Crippen molar-refractivity contribution in [2.75, 3.05) is 0 Å². The molecular formula is C19H20N2. The maximum absolute atomic E-state index is 9.74. The molecule has 106 valence electrons. The minimum absolute atomic E-state index is 0.478. The summed E-state index contributed by atoms with van der Waals surface area (Å²) in [7, 11) is 0. The smallest absolute Gasteiger partial charge is 0.0834 e. The van der Waals surface area contributed by atoms with E-state index < -0.39 is 5.41 Å². The zero-order chi connectivity index (χ0) is 14.7. The van der Waals surface area contributed by atoms with E-state index in [0.717, 1.165) is 24.0 Å². The lowest BCUT2D eigenvalue weighted by Gasteiger charge is -2.25. The minimum Gasteiger partial charge on any atom is -0.265 e. The Balaban J connectivity index is 1.94. The second-order valence-corrected chi connectivity index (χ2v) is 6.17. The van der Waals surface area contributed by atoms with E-state index in [2.05, 4.69) is 29.3 Å². The van der Waals surface area contributed by atoms with Gasteiger partial charge in [-0.05, 0) is 73.4 Å². The maximum atomic E-state index is 9.74. The quantitative estimate of drug-likeness (QED) is 0.850. The van der Waals surface area contributed by atoms with Crippen molar-refractivity contribution in [1.82, 2.24) is 4.98 Å². The van der Waals surface area contributed by atoms with Gasteiger partial charge in [0.2, 0.25) is 0 Å². The Kier molecular flexibility index (Phi) is 3.75. The van der Waals surface area contributed by atoms with Gasteiger partial charge in [0.15, 0.2) is 0 Å². The van der Waals surface area contributed by atoms with Crippen LogP contribution in [0.2, 0.25) is 0 Å². The van der Waals surface area contributed by atoms with Gasteiger partial charge in [0.05, 0.1) is 11.5 Å². The fourth-order valence-electron chi connectivity index (χ4n) is 3.19. The number of aryl methyl sites for hydroxylation is 2. The van der Waals surface area contributed by atoms with E-state index in [1.54, 1.807) is 12.4 Å². The minimum atomic E-state index is -0.478. The van der Waals surface area contributed by atoms with Crippen LogP contribution in [0, 0.1) is 11.3 Å². The molecule has 0 radical (unpaired) electrons. The molecule has 1 atom stereocenters. The van der Waals surface area contributed by atoms with Crippen LogP contribution in [0.3, 0.4) is 0 Å². The third-order valence-electron chi connectivity index (χ3n) is 4.54. The summed E-state index contributed by atoms with van der Waals surface area (Å²) < 4.78 is 0. The molecule has 0 saturated heterocycles. The summed E-state index contributed by atoms with van der Waals surface area (Å²) in [6, 6.07) is 13.2. The van der Waals surface area contributed by atoms with Crippen LogP contribution in [0.25, 0.3) is 0 Å². The molecule has 0 fully saturated rings. The summed E-state index contributed by atoms with van der Waals surface area (Å²) in [5.74, 6) is 0. The van der Waals surface area contributed by atoms with Crippen molar-refractivity contribution in [2.24, 2.45) is 0 Å². The SMILES string of the molecule is CC(C#N)(Cc1ccncc1)c1ccc2c(c1)CCCC2. The Morgan fingerprint density at radius 3 is 2.52 bits per heavy atom. The first-order chi connectivity index (χ1) is 10.2. The highest BCUT2D eigenvalue weighted by Gasteiger charge is 2.28. The molecule has 1 heterocycles. The molecule has 0 saturated carbocycles. The number of benzene rings is 1. The van der Waals surface area contributed by atoms with E-state index in [9.17, 15) is 5.26 Å². The Bertz CT molecular complexity index is 670. The van der Waals surface area contributed by atoms with Crippen LogP contribution in [0.5, 0.6) is 0 Å². The Hall–Kier alpha value is -2.14. The van der Waals surface area contributed by atoms with Crippen LogP contribution >= 0.6 is 0 Å². The molecule has 0 bridgehead atoms. The first kappa shape index (κ1) is 13.8. The highest BCUT2D eigenvalue weighted by Crippen LogP contribution is 2.31. The van der Waals surface area contributed by atoms with E-state index >= 15 is 0 Å². The molecule has 1 aromatic heterocycles. The number of nitriles is 1. The van der Waals surface area contributed by atoms with Crippen LogP contribution in [-0.4, -0.2) is 4.98 Å². The Morgan fingerprint density at radius 1 is 1.10 bits per heavy atom. The van der Waals surface area contributed by atoms with Gasteiger partial charge in [-0.1, -0.05) is 18.2 Å². The van der Waals surface area contributed by atoms with Gasteiger partial charge in [0.25, 0.3) is 0 Å². The molecule has 2 nitrogen and oxygen atoms in total. The van der Waals surface area contributed by atoms with E-state index in [-0.39, 0.29) is 0 Å². The highest BCUT2D eigenvalue weighted by atomic mass is 14.6. The molecule has 2 aromatic rings. The number of aromatic nitrogens is 1. The summed E-state index contributed by atoms with van der Waals surface area (Å²) in [6.45, 7) is 2.04. The van der Waals surface area contributed by atoms with Gasteiger partial charge in [0.1, 0.15) is 0 Å². The number of hydrogen-bond donors (Lipinski definition) is 0. The van der Waals surface area contributed by atoms with Crippen LogP contribution < -0.4 is 0 Å². The van der Waals surface area contributed by atoms with Gasteiger partial charge in [-0.3, -0.25) is 4.98 Å². The molecule has 1 aromatic carbocycles. The number of pyridine rings is 1. The summed E-state index contributed by atoms with van der Waals surface area (Å²) in [6.07, 6.45) is 9.21. The second-order valence-electron chi connectivity index (χ2n) is 6.17. The molecule has 21 heavy (non-hydrogen) atoms. The molecule has 1 aliphatic carbocycles. The van der Waals surface area contributed by atoms with Crippen molar-refractivity contribution < 1.29 is 0 Å². The van der Waals surface area contributed by atoms with Gasteiger partial charge in [-0.2, -0.15) is 5.26 Å². The van der Waals surface area contributed by atoms with Gasteiger partial charge in [-0.15, -0.1) is 0 Å². The Labute approximate surface area is 126 Å². The fourth-order valence-corrected chi connectivity index (χ4v) is 3.19. The van der Waals surface area contributed by atoms with Crippen molar-refractivity contribution in [3.8, 4) is 6.07 Å². The van der Waals surface area contributed by atoms with Crippen molar-refractivity contribution in [1.29, 1.82) is 5.26 Å². The van der Waals surface area contributed by atoms with Crippen LogP contribution in [0.15, 0.2) is 42.7 Å². The third-order valence-corrected chi connectivity index (χ3v) is 4.54. The van der Waals surface area contributed by atoms with Crippen LogP contribution in [0.4, 0.5) is 0 Å². The first-order valence-electron chi connectivity index (χ1n) is 7.64. The maximum Gasteiger partial charge on any atom is 0.0834 e. The predicted octanol–water partition coefficient (Wildman–Crippen LogP) is 3.98. The molecule has 0 aliphatic heterocycles. The first-order valence-corrected chi connectivity index (χ1v) is 7.64. The number of rotatable bonds is 3. The van der Waals surface area contributed by atoms with E-state index in [1.807, 2.05) is 19.1 Å². The van der Waals surface area contributed by atoms with Crippen LogP contribution in [-0.2, 0) is 24.7 Å². The van der Waals surface area contributed by atoms with Crippen LogP contribution in [0.1, 0.15) is 42.0 Å². The molecule has 1 unspecified atom stereocenters. The van der Waals surface area contributed by atoms with Crippen molar-refractivity contribution >= 4 is 0 Å². The average Bonchev–Trinajstić information content (AvgIpc) is 2.55. The molecule has 2 heteroatoms. The normalized spacial score (nSPS) is 16.6. The largest absolute Gasteiger partial charge is 0.265 e. The summed E-state index contributed by atoms with van der Waals surface area (Å²) in [4.78, 5) is 4.05. The monoisotopic (exact) mass is 276 g/mol. The highest BCUT2D eigenvalue weighted by molar-refractivity contribution is 5.41. The summed E-state index contributed by atoms with van der Waals surface area (Å²) in [5, 5.41) is 9.74. The Morgan fingerprint density at radius 2 is 1.81 bits per heavy atom. The zero-order valence-electron chi connectivity index (χ0n) is 12.5. The summed E-state index contributed by atoms with van der Waals surface area (Å²) in [5.41, 5.74) is 4.73. The third kappa shape index (κ3) is 2.83.